The molecule has 2 N–H and O–H groups in total. The van der Waals surface area contributed by atoms with Gasteiger partial charge < -0.3 is 14.3 Å². The molecule has 1 fully saturated rings. The van der Waals surface area contributed by atoms with E-state index in [1.807, 2.05) is 0 Å². The molecule has 0 spiro atoms. The lowest BCUT2D eigenvalue weighted by Crippen LogP contribution is -2.25. The molecular weight excluding hydrogens is 293 g/mol. The molecule has 0 bridgehead atoms. The summed E-state index contributed by atoms with van der Waals surface area (Å²) in [7, 11) is -4.87. The van der Waals surface area contributed by atoms with Gasteiger partial charge in [-0.1, -0.05) is 0 Å². The maximum absolute atomic E-state index is 13.0. The minimum atomic E-state index is -4.87. The van der Waals surface area contributed by atoms with Crippen molar-refractivity contribution in [3.63, 3.8) is 0 Å². The van der Waals surface area contributed by atoms with Crippen molar-refractivity contribution in [2.45, 2.75) is 12.8 Å². The molecule has 2 rings (SSSR count). The summed E-state index contributed by atoms with van der Waals surface area (Å²) in [4.78, 5) is 22.6. The molecule has 20 heavy (non-hydrogen) atoms. The number of amides is 1. The van der Waals surface area contributed by atoms with Gasteiger partial charge in [0.15, 0.2) is 5.75 Å². The molecule has 0 saturated heterocycles. The van der Waals surface area contributed by atoms with Gasteiger partial charge in [0, 0.05) is 6.07 Å². The molecule has 1 aromatic carbocycles. The van der Waals surface area contributed by atoms with Gasteiger partial charge in [-0.25, -0.2) is 4.39 Å². The molecule has 1 amide bonds. The van der Waals surface area contributed by atoms with Crippen molar-refractivity contribution in [1.82, 2.24) is 0 Å². The first-order valence-electron chi connectivity index (χ1n) is 5.50. The second-order valence-corrected chi connectivity index (χ2v) is 5.40. The second kappa shape index (κ2) is 4.84. The molecule has 1 aliphatic carbocycles. The van der Waals surface area contributed by atoms with E-state index in [0.29, 0.717) is 25.2 Å². The minimum Gasteiger partial charge on any atom is -0.359 e. The summed E-state index contributed by atoms with van der Waals surface area (Å²) >= 11 is 0. The van der Waals surface area contributed by atoms with Crippen LogP contribution in [0.1, 0.15) is 12.8 Å². The van der Waals surface area contributed by atoms with E-state index in [-0.39, 0.29) is 5.69 Å². The number of nitrogens with one attached hydrogen (secondary N) is 1. The van der Waals surface area contributed by atoms with E-state index in [9.17, 15) is 22.4 Å². The smallest absolute Gasteiger partial charge is 0.359 e. The van der Waals surface area contributed by atoms with E-state index in [4.69, 9.17) is 4.55 Å². The van der Waals surface area contributed by atoms with E-state index < -0.39 is 33.3 Å². The van der Waals surface area contributed by atoms with Crippen LogP contribution in [0.25, 0.3) is 0 Å². The fourth-order valence-electron chi connectivity index (χ4n) is 1.56. The van der Waals surface area contributed by atoms with Crippen molar-refractivity contribution in [1.29, 1.82) is 0 Å². The summed E-state index contributed by atoms with van der Waals surface area (Å²) in [5.74, 6) is -2.04. The van der Waals surface area contributed by atoms with Crippen LogP contribution in [0.3, 0.4) is 0 Å². The SMILES string of the molecule is O=CC1(C(=O)Nc2ccc(F)cc2OS(=O)(=O)O)CC1. The lowest BCUT2D eigenvalue weighted by atomic mass is 10.1. The van der Waals surface area contributed by atoms with E-state index in [2.05, 4.69) is 9.50 Å². The molecule has 0 atom stereocenters. The number of carbonyl (C=O) groups is 2. The zero-order valence-corrected chi connectivity index (χ0v) is 10.8. The first-order chi connectivity index (χ1) is 9.26. The van der Waals surface area contributed by atoms with E-state index in [1.54, 1.807) is 0 Å². The maximum Gasteiger partial charge on any atom is 0.446 e. The fourth-order valence-corrected chi connectivity index (χ4v) is 1.93. The molecule has 0 aliphatic heterocycles. The fraction of sp³-hybridized carbons (Fsp3) is 0.273. The van der Waals surface area contributed by atoms with Crippen LogP contribution in [0.2, 0.25) is 0 Å². The van der Waals surface area contributed by atoms with Gasteiger partial charge in [0.2, 0.25) is 5.91 Å². The molecule has 7 nitrogen and oxygen atoms in total. The molecule has 1 aromatic rings. The number of hydrogen-bond acceptors (Lipinski definition) is 5. The van der Waals surface area contributed by atoms with Gasteiger partial charge in [0.25, 0.3) is 0 Å². The highest BCUT2D eigenvalue weighted by atomic mass is 32.3. The Bertz CT molecular complexity index is 667. The summed E-state index contributed by atoms with van der Waals surface area (Å²) < 4.78 is 47.1. The Morgan fingerprint density at radius 1 is 1.45 bits per heavy atom. The Hall–Kier alpha value is -2.00. The molecule has 0 radical (unpaired) electrons. The third-order valence-corrected chi connectivity index (χ3v) is 3.24. The van der Waals surface area contributed by atoms with Crippen molar-refractivity contribution in [2.24, 2.45) is 5.41 Å². The van der Waals surface area contributed by atoms with Crippen LogP contribution in [-0.2, 0) is 20.0 Å². The van der Waals surface area contributed by atoms with Gasteiger partial charge in [0.05, 0.1) is 5.69 Å². The van der Waals surface area contributed by atoms with Crippen LogP contribution in [0, 0.1) is 11.2 Å². The molecule has 9 heteroatoms. The van der Waals surface area contributed by atoms with Crippen molar-refractivity contribution < 1.29 is 31.1 Å². The summed E-state index contributed by atoms with van der Waals surface area (Å²) in [5, 5.41) is 2.28. The number of aldehydes is 1. The van der Waals surface area contributed by atoms with Crippen LogP contribution in [-0.4, -0.2) is 25.2 Å². The highest BCUT2D eigenvalue weighted by molar-refractivity contribution is 7.81. The number of anilines is 1. The van der Waals surface area contributed by atoms with Crippen LogP contribution in [0.5, 0.6) is 5.75 Å². The summed E-state index contributed by atoms with van der Waals surface area (Å²) in [5.41, 5.74) is -1.29. The number of rotatable bonds is 5. The normalized spacial score (nSPS) is 16.3. The van der Waals surface area contributed by atoms with E-state index in [1.165, 1.54) is 0 Å². The van der Waals surface area contributed by atoms with Crippen LogP contribution in [0.4, 0.5) is 10.1 Å². The summed E-state index contributed by atoms with van der Waals surface area (Å²) in [6.07, 6.45) is 1.28. The quantitative estimate of drug-likeness (QED) is 0.475. The van der Waals surface area contributed by atoms with Gasteiger partial charge in [-0.05, 0) is 25.0 Å². The zero-order chi connectivity index (χ0) is 15.0. The Kier molecular flexibility index (Phi) is 3.48. The highest BCUT2D eigenvalue weighted by Crippen LogP contribution is 2.44. The monoisotopic (exact) mass is 303 g/mol. The molecule has 108 valence electrons. The van der Waals surface area contributed by atoms with Crippen molar-refractivity contribution in [3.05, 3.63) is 24.0 Å². The molecule has 0 heterocycles. The lowest BCUT2D eigenvalue weighted by molar-refractivity contribution is -0.126. The van der Waals surface area contributed by atoms with Crippen LogP contribution >= 0.6 is 0 Å². The average Bonchev–Trinajstić information content (AvgIpc) is 3.11. The number of carbonyl (C=O) groups excluding carboxylic acids is 2. The standard InChI is InChI=1S/C11H10FNO6S/c12-7-1-2-8(9(5-7)19-20(16,17)18)13-10(15)11(6-14)3-4-11/h1-2,5-6H,3-4H2,(H,13,15)(H,16,17,18). The predicted molar refractivity (Wildman–Crippen MR) is 64.9 cm³/mol. The van der Waals surface area contributed by atoms with Crippen molar-refractivity contribution in [2.75, 3.05) is 5.32 Å². The van der Waals surface area contributed by atoms with Gasteiger partial charge in [0.1, 0.15) is 17.5 Å². The first kappa shape index (κ1) is 14.4. The van der Waals surface area contributed by atoms with Gasteiger partial charge in [-0.15, -0.1) is 0 Å². The van der Waals surface area contributed by atoms with E-state index >= 15 is 0 Å². The summed E-state index contributed by atoms with van der Waals surface area (Å²) in [6.45, 7) is 0. The molecule has 0 unspecified atom stereocenters. The second-order valence-electron chi connectivity index (χ2n) is 4.38. The maximum atomic E-state index is 13.0. The number of hydrogen-bond donors (Lipinski definition) is 2. The Morgan fingerprint density at radius 2 is 2.10 bits per heavy atom. The zero-order valence-electron chi connectivity index (χ0n) is 10.00. The summed E-state index contributed by atoms with van der Waals surface area (Å²) in [6, 6.07) is 2.71. The van der Waals surface area contributed by atoms with Gasteiger partial charge in [-0.3, -0.25) is 9.35 Å². The van der Waals surface area contributed by atoms with Crippen LogP contribution in [0.15, 0.2) is 18.2 Å². The predicted octanol–water partition coefficient (Wildman–Crippen LogP) is 0.925. The third kappa shape index (κ3) is 3.11. The lowest BCUT2D eigenvalue weighted by Gasteiger charge is -2.12. The third-order valence-electron chi connectivity index (χ3n) is 2.85. The van der Waals surface area contributed by atoms with Crippen molar-refractivity contribution >= 4 is 28.3 Å². The highest BCUT2D eigenvalue weighted by Gasteiger charge is 2.50. The average molecular weight is 303 g/mol. The number of benzene rings is 1. The molecule has 0 aromatic heterocycles. The first-order valence-corrected chi connectivity index (χ1v) is 6.86. The number of halogens is 1. The Morgan fingerprint density at radius 3 is 2.60 bits per heavy atom. The molecule has 1 aliphatic rings. The van der Waals surface area contributed by atoms with Gasteiger partial charge in [-0.2, -0.15) is 8.42 Å². The van der Waals surface area contributed by atoms with Gasteiger partial charge >= 0.3 is 10.4 Å². The topological polar surface area (TPSA) is 110 Å². The Balaban J connectivity index is 2.27. The molecule has 1 saturated carbocycles. The largest absolute Gasteiger partial charge is 0.446 e. The Labute approximate surface area is 113 Å². The van der Waals surface area contributed by atoms with Crippen molar-refractivity contribution in [3.8, 4) is 5.75 Å². The van der Waals surface area contributed by atoms with E-state index in [0.717, 1.165) is 12.1 Å². The van der Waals surface area contributed by atoms with Crippen LogP contribution < -0.4 is 9.50 Å². The minimum absolute atomic E-state index is 0.165. The molecular formula is C11H10FNO6S.